The number of hydrogen-bond donors (Lipinski definition) is 4. The summed E-state index contributed by atoms with van der Waals surface area (Å²) in [5.41, 5.74) is 7.17. The van der Waals surface area contributed by atoms with Crippen LogP contribution in [-0.2, 0) is 0 Å². The first kappa shape index (κ1) is 49.4. The standard InChI is InChI=1S/C27H18ClF2N5O2.C27H18F3N5O2/c2*1-15-5-6-16(13-31-15)24-14-32-22-8-7-20(12-23(22)35-24)37-25-11-19(10-21(29)26(25)30)34-27(36)33-18-4-2-3-17(28)9-18/h2*2-14H,1H3,(H2,33,34,36). The summed E-state index contributed by atoms with van der Waals surface area (Å²) in [4.78, 5) is 51.1. The molecule has 368 valence electrons. The van der Waals surface area contributed by atoms with E-state index in [2.05, 4.69) is 51.2 Å². The molecule has 0 aliphatic carbocycles. The lowest BCUT2D eigenvalue weighted by Gasteiger charge is -2.12. The Bertz CT molecular complexity index is 3500. The van der Waals surface area contributed by atoms with Crippen LogP contribution in [0.5, 0.6) is 23.0 Å². The zero-order valence-electron chi connectivity index (χ0n) is 38.6. The third-order valence-corrected chi connectivity index (χ3v) is 10.8. The van der Waals surface area contributed by atoms with Crippen LogP contribution < -0.4 is 30.7 Å². The van der Waals surface area contributed by atoms with Gasteiger partial charge in [-0.1, -0.05) is 23.7 Å². The van der Waals surface area contributed by atoms with Gasteiger partial charge in [-0.25, -0.2) is 32.7 Å². The van der Waals surface area contributed by atoms with Gasteiger partial charge in [-0.3, -0.25) is 19.9 Å². The average molecular weight is 1020 g/mol. The van der Waals surface area contributed by atoms with Crippen LogP contribution in [-0.4, -0.2) is 42.0 Å². The summed E-state index contributed by atoms with van der Waals surface area (Å²) in [5, 5.41) is 10.2. The number of fused-ring (bicyclic) bond motifs is 2. The summed E-state index contributed by atoms with van der Waals surface area (Å²) >= 11 is 5.92. The quantitative estimate of drug-likeness (QED) is 0.0964. The number of halogens is 6. The van der Waals surface area contributed by atoms with Gasteiger partial charge in [-0.2, -0.15) is 8.78 Å². The molecular weight excluding hydrogens is 983 g/mol. The number of aryl methyl sites for hydroxylation is 2. The predicted octanol–water partition coefficient (Wildman–Crippen LogP) is 14.2. The van der Waals surface area contributed by atoms with Crippen LogP contribution in [0.3, 0.4) is 0 Å². The largest absolute Gasteiger partial charge is 0.454 e. The number of urea groups is 2. The van der Waals surface area contributed by atoms with E-state index in [1.54, 1.807) is 79.4 Å². The lowest BCUT2D eigenvalue weighted by atomic mass is 10.2. The Morgan fingerprint density at radius 1 is 0.459 bits per heavy atom. The Hall–Kier alpha value is -9.62. The molecule has 4 aromatic heterocycles. The first-order valence-corrected chi connectivity index (χ1v) is 22.5. The highest BCUT2D eigenvalue weighted by atomic mass is 35.5. The van der Waals surface area contributed by atoms with Gasteiger partial charge in [0.15, 0.2) is 23.1 Å². The number of ether oxygens (including phenoxy) is 2. The third-order valence-electron chi connectivity index (χ3n) is 10.6. The zero-order chi connectivity index (χ0) is 51.9. The molecule has 0 unspecified atom stereocenters. The molecule has 4 N–H and O–H groups in total. The zero-order valence-corrected chi connectivity index (χ0v) is 39.4. The van der Waals surface area contributed by atoms with Crippen LogP contribution in [0, 0.1) is 42.9 Å². The molecule has 0 saturated heterocycles. The number of pyridine rings is 2. The summed E-state index contributed by atoms with van der Waals surface area (Å²) in [7, 11) is 0. The Morgan fingerprint density at radius 2 is 0.919 bits per heavy atom. The number of benzene rings is 6. The van der Waals surface area contributed by atoms with Crippen LogP contribution in [0.15, 0.2) is 158 Å². The second-order valence-electron chi connectivity index (χ2n) is 16.1. The molecule has 14 nitrogen and oxygen atoms in total. The first-order valence-electron chi connectivity index (χ1n) is 22.1. The lowest BCUT2D eigenvalue weighted by Crippen LogP contribution is -2.19. The lowest BCUT2D eigenvalue weighted by molar-refractivity contribution is 0.261. The number of carbonyl (C=O) groups excluding carboxylic acids is 2. The SMILES string of the molecule is Cc1ccc(-c2cnc3ccc(Oc4cc(NC(=O)Nc5cccc(Cl)c5)cc(F)c4F)cc3n2)cn1.Cc1ccc(-c2cnc3ccc(Oc4cc(NC(=O)Nc5cccc(F)c5)cc(F)c4F)cc3n2)cn1. The number of rotatable bonds is 10. The van der Waals surface area contributed by atoms with Gasteiger partial charge in [0.1, 0.15) is 17.3 Å². The summed E-state index contributed by atoms with van der Waals surface area (Å²) in [6.45, 7) is 3.76. The van der Waals surface area contributed by atoms with Crippen molar-refractivity contribution < 1.29 is 41.0 Å². The molecule has 0 radical (unpaired) electrons. The van der Waals surface area contributed by atoms with Gasteiger partial charge in [0.25, 0.3) is 0 Å². The van der Waals surface area contributed by atoms with E-state index in [9.17, 15) is 31.5 Å². The second-order valence-corrected chi connectivity index (χ2v) is 16.5. The van der Waals surface area contributed by atoms with Crippen molar-refractivity contribution in [2.45, 2.75) is 13.8 Å². The van der Waals surface area contributed by atoms with Crippen molar-refractivity contribution in [3.8, 4) is 45.5 Å². The molecule has 0 aliphatic rings. The predicted molar refractivity (Wildman–Crippen MR) is 271 cm³/mol. The van der Waals surface area contributed by atoms with Crippen LogP contribution in [0.1, 0.15) is 11.4 Å². The van der Waals surface area contributed by atoms with Crippen LogP contribution in [0.2, 0.25) is 5.02 Å². The van der Waals surface area contributed by atoms with E-state index < -0.39 is 52.6 Å². The van der Waals surface area contributed by atoms with Crippen molar-refractivity contribution in [1.29, 1.82) is 0 Å². The Balaban J connectivity index is 0.000000182. The normalized spacial score (nSPS) is 10.8. The molecule has 20 heteroatoms. The van der Waals surface area contributed by atoms with Crippen molar-refractivity contribution in [1.82, 2.24) is 29.9 Å². The number of hydrogen-bond acceptors (Lipinski definition) is 10. The second kappa shape index (κ2) is 21.8. The van der Waals surface area contributed by atoms with Crippen molar-refractivity contribution in [3.63, 3.8) is 0 Å². The molecule has 4 amide bonds. The van der Waals surface area contributed by atoms with Crippen molar-refractivity contribution in [3.05, 3.63) is 204 Å². The first-order chi connectivity index (χ1) is 35.7. The minimum atomic E-state index is -1.23. The summed E-state index contributed by atoms with van der Waals surface area (Å²) in [6, 6.07) is 31.3. The third kappa shape index (κ3) is 12.3. The highest BCUT2D eigenvalue weighted by Gasteiger charge is 2.18. The summed E-state index contributed by atoms with van der Waals surface area (Å²) in [6.07, 6.45) is 6.64. The fraction of sp³-hybridized carbons (Fsp3) is 0.0370. The highest BCUT2D eigenvalue weighted by Crippen LogP contribution is 2.34. The van der Waals surface area contributed by atoms with Gasteiger partial charge in [-0.05, 0) is 98.8 Å². The molecule has 0 spiro atoms. The number of carbonyl (C=O) groups is 2. The molecule has 0 saturated carbocycles. The van der Waals surface area contributed by atoms with Crippen LogP contribution in [0.4, 0.5) is 54.3 Å². The van der Waals surface area contributed by atoms with E-state index in [0.717, 1.165) is 46.8 Å². The summed E-state index contributed by atoms with van der Waals surface area (Å²) < 4.78 is 82.2. The smallest absolute Gasteiger partial charge is 0.323 e. The van der Waals surface area contributed by atoms with E-state index in [4.69, 9.17) is 21.1 Å². The van der Waals surface area contributed by atoms with Crippen molar-refractivity contribution >= 4 is 68.5 Å². The van der Waals surface area contributed by atoms with E-state index in [-0.39, 0.29) is 28.6 Å². The maximum atomic E-state index is 14.6. The maximum Gasteiger partial charge on any atom is 0.323 e. The molecular formula is C54H36ClF5N10O4. The molecule has 0 atom stereocenters. The Kier molecular flexibility index (Phi) is 14.5. The topological polar surface area (TPSA) is 178 Å². The van der Waals surface area contributed by atoms with E-state index in [1.165, 1.54) is 30.3 Å². The van der Waals surface area contributed by atoms with Gasteiger partial charge >= 0.3 is 12.1 Å². The van der Waals surface area contributed by atoms with Gasteiger partial charge in [0.05, 0.1) is 45.8 Å². The van der Waals surface area contributed by atoms with E-state index in [1.807, 2.05) is 38.1 Å². The van der Waals surface area contributed by atoms with Crippen molar-refractivity contribution in [2.75, 3.05) is 21.3 Å². The van der Waals surface area contributed by atoms with Gasteiger partial charge < -0.3 is 30.7 Å². The fourth-order valence-corrected chi connectivity index (χ4v) is 7.21. The number of amides is 4. The Labute approximate surface area is 422 Å². The minimum absolute atomic E-state index is 0.0110. The van der Waals surface area contributed by atoms with Gasteiger partial charge in [0, 0.05) is 99.1 Å². The molecule has 74 heavy (non-hydrogen) atoms. The molecule has 0 bridgehead atoms. The molecule has 0 aliphatic heterocycles. The number of anilines is 4. The van der Waals surface area contributed by atoms with Crippen molar-refractivity contribution in [2.24, 2.45) is 0 Å². The van der Waals surface area contributed by atoms with Crippen LogP contribution in [0.25, 0.3) is 44.6 Å². The molecule has 0 fully saturated rings. The number of aromatic nitrogens is 6. The molecule has 10 rings (SSSR count). The molecule has 4 heterocycles. The van der Waals surface area contributed by atoms with E-state index >= 15 is 0 Å². The number of nitrogens with one attached hydrogen (secondary N) is 4. The van der Waals surface area contributed by atoms with Crippen LogP contribution >= 0.6 is 11.6 Å². The van der Waals surface area contributed by atoms with E-state index in [0.29, 0.717) is 44.2 Å². The van der Waals surface area contributed by atoms with Gasteiger partial charge in [0.2, 0.25) is 11.6 Å². The Morgan fingerprint density at radius 3 is 1.36 bits per heavy atom. The fourth-order valence-electron chi connectivity index (χ4n) is 7.02. The minimum Gasteiger partial charge on any atom is -0.454 e. The highest BCUT2D eigenvalue weighted by molar-refractivity contribution is 6.31. The molecule has 10 aromatic rings. The monoisotopic (exact) mass is 1020 g/mol. The summed E-state index contributed by atoms with van der Waals surface area (Å²) in [5.74, 6) is -5.87. The number of nitrogens with zero attached hydrogens (tertiary/aromatic N) is 6. The average Bonchev–Trinajstić information content (AvgIpc) is 3.37. The van der Waals surface area contributed by atoms with Gasteiger partial charge in [-0.15, -0.1) is 0 Å². The maximum absolute atomic E-state index is 14.6. The molecule has 6 aromatic carbocycles.